The fourth-order valence-electron chi connectivity index (χ4n) is 2.63. The van der Waals surface area contributed by atoms with E-state index in [2.05, 4.69) is 10.3 Å². The SMILES string of the molecule is Cc1cc(-c2ccc(NC(=O)c3ccc(Cl)cc3)nc2N)c(C)cc1F. The summed E-state index contributed by atoms with van der Waals surface area (Å²) in [4.78, 5) is 16.5. The van der Waals surface area contributed by atoms with Gasteiger partial charge in [-0.05, 0) is 79.1 Å². The number of nitrogen functional groups attached to an aromatic ring is 1. The van der Waals surface area contributed by atoms with Gasteiger partial charge in [0.2, 0.25) is 0 Å². The van der Waals surface area contributed by atoms with Crippen molar-refractivity contribution in [3.05, 3.63) is 76.1 Å². The van der Waals surface area contributed by atoms with E-state index in [4.69, 9.17) is 17.3 Å². The molecule has 0 unspecified atom stereocenters. The number of halogens is 2. The van der Waals surface area contributed by atoms with Crippen molar-refractivity contribution >= 4 is 29.1 Å². The van der Waals surface area contributed by atoms with Gasteiger partial charge >= 0.3 is 0 Å². The van der Waals surface area contributed by atoms with Crippen LogP contribution in [0.25, 0.3) is 11.1 Å². The molecule has 1 aromatic heterocycles. The first-order chi connectivity index (χ1) is 12.3. The predicted octanol–water partition coefficient (Wildman–Crippen LogP) is 4.99. The highest BCUT2D eigenvalue weighted by Crippen LogP contribution is 2.30. The third-order valence-electron chi connectivity index (χ3n) is 4.07. The largest absolute Gasteiger partial charge is 0.383 e. The van der Waals surface area contributed by atoms with Crippen LogP contribution in [0.3, 0.4) is 0 Å². The number of carbonyl (C=O) groups excluding carboxylic acids is 1. The molecule has 0 aliphatic carbocycles. The van der Waals surface area contributed by atoms with Gasteiger partial charge in [0.25, 0.3) is 5.91 Å². The summed E-state index contributed by atoms with van der Waals surface area (Å²) in [7, 11) is 0. The first kappa shape index (κ1) is 17.9. The number of rotatable bonds is 3. The molecule has 0 aliphatic rings. The van der Waals surface area contributed by atoms with Crippen LogP contribution >= 0.6 is 11.6 Å². The maximum atomic E-state index is 13.7. The standard InChI is InChI=1S/C20H17ClFN3O/c1-11-10-17(22)12(2)9-16(11)15-7-8-18(24-19(15)23)25-20(26)13-3-5-14(21)6-4-13/h3-10H,1-2H3,(H3,23,24,25,26). The van der Waals surface area contributed by atoms with Gasteiger partial charge < -0.3 is 11.1 Å². The minimum Gasteiger partial charge on any atom is -0.383 e. The molecular weight excluding hydrogens is 353 g/mol. The van der Waals surface area contributed by atoms with Crippen LogP contribution in [0.1, 0.15) is 21.5 Å². The highest BCUT2D eigenvalue weighted by molar-refractivity contribution is 6.30. The molecule has 0 radical (unpaired) electrons. The molecule has 0 saturated heterocycles. The van der Waals surface area contributed by atoms with Gasteiger partial charge in [-0.3, -0.25) is 4.79 Å². The zero-order valence-electron chi connectivity index (χ0n) is 14.3. The van der Waals surface area contributed by atoms with Crippen LogP contribution in [0.4, 0.5) is 16.0 Å². The molecule has 0 saturated carbocycles. The first-order valence-electron chi connectivity index (χ1n) is 7.95. The molecule has 0 fully saturated rings. The van der Waals surface area contributed by atoms with Gasteiger partial charge in [-0.2, -0.15) is 0 Å². The lowest BCUT2D eigenvalue weighted by Crippen LogP contribution is -2.13. The second kappa shape index (κ2) is 7.14. The molecular formula is C20H17ClFN3O. The summed E-state index contributed by atoms with van der Waals surface area (Å²) in [5.74, 6) is 0.0236. The number of hydrogen-bond acceptors (Lipinski definition) is 3. The van der Waals surface area contributed by atoms with Crippen LogP contribution in [0.15, 0.2) is 48.5 Å². The Hall–Kier alpha value is -2.92. The Labute approximate surface area is 155 Å². The molecule has 0 spiro atoms. The Morgan fingerprint density at radius 2 is 1.73 bits per heavy atom. The van der Waals surface area contributed by atoms with E-state index in [0.717, 1.165) is 11.1 Å². The number of aryl methyl sites for hydroxylation is 2. The summed E-state index contributed by atoms with van der Waals surface area (Å²) >= 11 is 5.82. The van der Waals surface area contributed by atoms with Crippen LogP contribution in [-0.2, 0) is 0 Å². The molecule has 3 aromatic rings. The summed E-state index contributed by atoms with van der Waals surface area (Å²) in [6, 6.07) is 13.2. The number of benzene rings is 2. The first-order valence-corrected chi connectivity index (χ1v) is 8.33. The number of hydrogen-bond donors (Lipinski definition) is 2. The van der Waals surface area contributed by atoms with Crippen LogP contribution in [0.5, 0.6) is 0 Å². The minimum atomic E-state index is -0.310. The van der Waals surface area contributed by atoms with E-state index in [9.17, 15) is 9.18 Å². The van der Waals surface area contributed by atoms with E-state index < -0.39 is 0 Å². The van der Waals surface area contributed by atoms with Crippen LogP contribution < -0.4 is 11.1 Å². The third-order valence-corrected chi connectivity index (χ3v) is 4.32. The Kier molecular flexibility index (Phi) is 4.91. The van der Waals surface area contributed by atoms with E-state index in [0.29, 0.717) is 27.5 Å². The fraction of sp³-hybridized carbons (Fsp3) is 0.100. The molecule has 0 atom stereocenters. The molecule has 26 heavy (non-hydrogen) atoms. The van der Waals surface area contributed by atoms with E-state index in [1.807, 2.05) is 6.92 Å². The Morgan fingerprint density at radius 3 is 2.38 bits per heavy atom. The van der Waals surface area contributed by atoms with Crippen molar-refractivity contribution in [2.45, 2.75) is 13.8 Å². The second-order valence-corrected chi connectivity index (χ2v) is 6.44. The summed E-state index contributed by atoms with van der Waals surface area (Å²) in [6.07, 6.45) is 0. The van der Waals surface area contributed by atoms with Crippen molar-refractivity contribution < 1.29 is 9.18 Å². The fourth-order valence-corrected chi connectivity index (χ4v) is 2.76. The Balaban J connectivity index is 1.87. The maximum Gasteiger partial charge on any atom is 0.256 e. The number of anilines is 2. The lowest BCUT2D eigenvalue weighted by atomic mass is 9.98. The van der Waals surface area contributed by atoms with Crippen molar-refractivity contribution in [2.24, 2.45) is 0 Å². The molecule has 132 valence electrons. The van der Waals surface area contributed by atoms with Gasteiger partial charge in [0.1, 0.15) is 17.5 Å². The summed E-state index contributed by atoms with van der Waals surface area (Å²) < 4.78 is 13.7. The highest BCUT2D eigenvalue weighted by atomic mass is 35.5. The number of nitrogens with two attached hydrogens (primary N) is 1. The van der Waals surface area contributed by atoms with Gasteiger partial charge in [-0.25, -0.2) is 9.37 Å². The van der Waals surface area contributed by atoms with Crippen molar-refractivity contribution in [2.75, 3.05) is 11.1 Å². The van der Waals surface area contributed by atoms with Gasteiger partial charge in [0.05, 0.1) is 0 Å². The molecule has 3 rings (SSSR count). The zero-order chi connectivity index (χ0) is 18.8. The van der Waals surface area contributed by atoms with Crippen molar-refractivity contribution in [1.29, 1.82) is 0 Å². The molecule has 1 amide bonds. The van der Waals surface area contributed by atoms with Crippen molar-refractivity contribution in [1.82, 2.24) is 4.98 Å². The monoisotopic (exact) mass is 369 g/mol. The van der Waals surface area contributed by atoms with Gasteiger partial charge in [0, 0.05) is 16.1 Å². The lowest BCUT2D eigenvalue weighted by Gasteiger charge is -2.12. The number of carbonyl (C=O) groups is 1. The maximum absolute atomic E-state index is 13.7. The predicted molar refractivity (Wildman–Crippen MR) is 103 cm³/mol. The van der Waals surface area contributed by atoms with E-state index in [1.165, 1.54) is 6.07 Å². The van der Waals surface area contributed by atoms with Gasteiger partial charge in [-0.1, -0.05) is 11.6 Å². The molecule has 3 N–H and O–H groups in total. The van der Waals surface area contributed by atoms with Crippen LogP contribution in [0.2, 0.25) is 5.02 Å². The molecule has 0 bridgehead atoms. The van der Waals surface area contributed by atoms with Gasteiger partial charge in [0.15, 0.2) is 0 Å². The molecule has 4 nitrogen and oxygen atoms in total. The zero-order valence-corrected chi connectivity index (χ0v) is 15.1. The average Bonchev–Trinajstić information content (AvgIpc) is 2.59. The van der Waals surface area contributed by atoms with E-state index in [1.54, 1.807) is 49.4 Å². The Bertz CT molecular complexity index is 987. The highest BCUT2D eigenvalue weighted by Gasteiger charge is 2.12. The average molecular weight is 370 g/mol. The van der Waals surface area contributed by atoms with Gasteiger partial charge in [-0.15, -0.1) is 0 Å². The van der Waals surface area contributed by atoms with Crippen molar-refractivity contribution in [3.8, 4) is 11.1 Å². The summed E-state index contributed by atoms with van der Waals surface area (Å²) in [5.41, 5.74) is 9.33. The molecule has 0 aliphatic heterocycles. The topological polar surface area (TPSA) is 68.0 Å². The molecule has 2 aromatic carbocycles. The number of aromatic nitrogens is 1. The molecule has 6 heteroatoms. The number of nitrogens with one attached hydrogen (secondary N) is 1. The Morgan fingerprint density at radius 1 is 1.04 bits per heavy atom. The third kappa shape index (κ3) is 3.68. The quantitative estimate of drug-likeness (QED) is 0.683. The number of pyridine rings is 1. The summed E-state index contributed by atoms with van der Waals surface area (Å²) in [5, 5.41) is 3.25. The van der Waals surface area contributed by atoms with Crippen LogP contribution in [0, 0.1) is 19.7 Å². The van der Waals surface area contributed by atoms with Crippen LogP contribution in [-0.4, -0.2) is 10.9 Å². The minimum absolute atomic E-state index is 0.257. The lowest BCUT2D eigenvalue weighted by molar-refractivity contribution is 0.102. The smallest absolute Gasteiger partial charge is 0.256 e. The van der Waals surface area contributed by atoms with Crippen molar-refractivity contribution in [3.63, 3.8) is 0 Å². The molecule has 1 heterocycles. The number of nitrogens with zero attached hydrogens (tertiary/aromatic N) is 1. The second-order valence-electron chi connectivity index (χ2n) is 6.01. The number of amides is 1. The van der Waals surface area contributed by atoms with E-state index in [-0.39, 0.29) is 17.5 Å². The van der Waals surface area contributed by atoms with E-state index >= 15 is 0 Å². The summed E-state index contributed by atoms with van der Waals surface area (Å²) in [6.45, 7) is 3.51. The normalized spacial score (nSPS) is 10.6.